The first-order valence-electron chi connectivity index (χ1n) is 5.93. The molecule has 17 heavy (non-hydrogen) atoms. The Kier molecular flexibility index (Phi) is 5.93. The van der Waals surface area contributed by atoms with Crippen LogP contribution in [-0.4, -0.2) is 56.1 Å². The molecule has 1 rings (SSSR count). The van der Waals surface area contributed by atoms with Crippen molar-refractivity contribution in [2.75, 3.05) is 33.3 Å². The van der Waals surface area contributed by atoms with Crippen LogP contribution in [-0.2, 0) is 14.3 Å². The molecule has 1 atom stereocenters. The third kappa shape index (κ3) is 5.65. The van der Waals surface area contributed by atoms with E-state index in [-0.39, 0.29) is 17.9 Å². The molecule has 0 spiro atoms. The SMILES string of the molecule is COC(=O)CCCNC(=O)CN1CC[C@@H](N)C1. The number of hydrogen-bond acceptors (Lipinski definition) is 5. The lowest BCUT2D eigenvalue weighted by Gasteiger charge is -2.14. The number of carbonyl (C=O) groups is 2. The Bertz CT molecular complexity index is 271. The van der Waals surface area contributed by atoms with Gasteiger partial charge in [-0.15, -0.1) is 0 Å². The van der Waals surface area contributed by atoms with Crippen LogP contribution in [0.15, 0.2) is 0 Å². The number of ether oxygens (including phenoxy) is 1. The molecular weight excluding hydrogens is 222 g/mol. The minimum absolute atomic E-state index is 0.0102. The lowest BCUT2D eigenvalue weighted by atomic mass is 10.3. The average molecular weight is 243 g/mol. The van der Waals surface area contributed by atoms with Crippen molar-refractivity contribution in [1.29, 1.82) is 0 Å². The van der Waals surface area contributed by atoms with Crippen molar-refractivity contribution < 1.29 is 14.3 Å². The quantitative estimate of drug-likeness (QED) is 0.466. The molecule has 0 bridgehead atoms. The lowest BCUT2D eigenvalue weighted by molar-refractivity contribution is -0.140. The van der Waals surface area contributed by atoms with Gasteiger partial charge in [0.1, 0.15) is 0 Å². The van der Waals surface area contributed by atoms with Gasteiger partial charge in [-0.2, -0.15) is 0 Å². The number of nitrogens with two attached hydrogens (primary N) is 1. The Balaban J connectivity index is 2.03. The molecule has 1 aliphatic rings. The van der Waals surface area contributed by atoms with E-state index in [0.29, 0.717) is 25.9 Å². The molecule has 0 saturated carbocycles. The predicted molar refractivity (Wildman–Crippen MR) is 63.3 cm³/mol. The largest absolute Gasteiger partial charge is 0.469 e. The fraction of sp³-hybridized carbons (Fsp3) is 0.818. The van der Waals surface area contributed by atoms with E-state index in [9.17, 15) is 9.59 Å². The first kappa shape index (κ1) is 13.9. The minimum atomic E-state index is -0.246. The van der Waals surface area contributed by atoms with Gasteiger partial charge in [0.2, 0.25) is 5.91 Å². The first-order chi connectivity index (χ1) is 8.11. The number of rotatable bonds is 6. The van der Waals surface area contributed by atoms with Gasteiger partial charge in [-0.25, -0.2) is 0 Å². The van der Waals surface area contributed by atoms with E-state index in [0.717, 1.165) is 19.5 Å². The van der Waals surface area contributed by atoms with Crippen molar-refractivity contribution in [1.82, 2.24) is 10.2 Å². The highest BCUT2D eigenvalue weighted by molar-refractivity contribution is 5.78. The minimum Gasteiger partial charge on any atom is -0.469 e. The van der Waals surface area contributed by atoms with Crippen LogP contribution in [0.5, 0.6) is 0 Å². The summed E-state index contributed by atoms with van der Waals surface area (Å²) in [4.78, 5) is 24.4. The fourth-order valence-corrected chi connectivity index (χ4v) is 1.83. The van der Waals surface area contributed by atoms with Gasteiger partial charge in [0.15, 0.2) is 0 Å². The third-order valence-electron chi connectivity index (χ3n) is 2.78. The van der Waals surface area contributed by atoms with Crippen LogP contribution < -0.4 is 11.1 Å². The summed E-state index contributed by atoms with van der Waals surface area (Å²) in [6.07, 6.45) is 1.90. The molecule has 0 aromatic rings. The van der Waals surface area contributed by atoms with E-state index in [1.54, 1.807) is 0 Å². The van der Waals surface area contributed by atoms with E-state index in [4.69, 9.17) is 5.73 Å². The summed E-state index contributed by atoms with van der Waals surface area (Å²) in [6, 6.07) is 0.196. The van der Waals surface area contributed by atoms with Gasteiger partial charge in [-0.1, -0.05) is 0 Å². The molecule has 1 saturated heterocycles. The molecule has 0 aliphatic carbocycles. The first-order valence-corrected chi connectivity index (χ1v) is 5.93. The number of nitrogens with zero attached hydrogens (tertiary/aromatic N) is 1. The number of nitrogens with one attached hydrogen (secondary N) is 1. The predicted octanol–water partition coefficient (Wildman–Crippen LogP) is -0.911. The number of amides is 1. The second-order valence-corrected chi connectivity index (χ2v) is 4.31. The summed E-state index contributed by atoms with van der Waals surface area (Å²) in [5, 5.41) is 2.77. The summed E-state index contributed by atoms with van der Waals surface area (Å²) in [6.45, 7) is 2.58. The van der Waals surface area contributed by atoms with Crippen LogP contribution >= 0.6 is 0 Å². The Hall–Kier alpha value is -1.14. The van der Waals surface area contributed by atoms with Crippen molar-refractivity contribution in [3.63, 3.8) is 0 Å². The van der Waals surface area contributed by atoms with Crippen LogP contribution in [0.3, 0.4) is 0 Å². The molecule has 6 heteroatoms. The normalized spacial score (nSPS) is 20.2. The summed E-state index contributed by atoms with van der Waals surface area (Å²) in [5.41, 5.74) is 5.75. The van der Waals surface area contributed by atoms with Gasteiger partial charge < -0.3 is 15.8 Å². The number of carbonyl (C=O) groups excluding carboxylic acids is 2. The van der Waals surface area contributed by atoms with Crippen LogP contribution in [0.25, 0.3) is 0 Å². The average Bonchev–Trinajstić information content (AvgIpc) is 2.69. The zero-order chi connectivity index (χ0) is 12.7. The monoisotopic (exact) mass is 243 g/mol. The van der Waals surface area contributed by atoms with Crippen LogP contribution in [0.1, 0.15) is 19.3 Å². The van der Waals surface area contributed by atoms with Gasteiger partial charge in [0.05, 0.1) is 13.7 Å². The Morgan fingerprint density at radius 3 is 2.88 bits per heavy atom. The zero-order valence-electron chi connectivity index (χ0n) is 10.3. The molecule has 0 aromatic heterocycles. The van der Waals surface area contributed by atoms with Crippen molar-refractivity contribution in [3.05, 3.63) is 0 Å². The number of hydrogen-bond donors (Lipinski definition) is 2. The lowest BCUT2D eigenvalue weighted by Crippen LogP contribution is -2.37. The Morgan fingerprint density at radius 1 is 1.53 bits per heavy atom. The highest BCUT2D eigenvalue weighted by atomic mass is 16.5. The van der Waals surface area contributed by atoms with Crippen molar-refractivity contribution >= 4 is 11.9 Å². The summed E-state index contributed by atoms with van der Waals surface area (Å²) in [7, 11) is 1.36. The maximum Gasteiger partial charge on any atom is 0.305 e. The molecule has 1 aliphatic heterocycles. The molecule has 0 radical (unpaired) electrons. The molecule has 0 aromatic carbocycles. The molecule has 1 amide bonds. The Morgan fingerprint density at radius 2 is 2.29 bits per heavy atom. The molecular formula is C11H21N3O3. The second kappa shape index (κ2) is 7.24. The Labute approximate surface area is 101 Å². The summed E-state index contributed by atoms with van der Waals surface area (Å²) < 4.78 is 4.50. The standard InChI is InChI=1S/C11H21N3O3/c1-17-11(16)3-2-5-13-10(15)8-14-6-4-9(12)7-14/h9H,2-8,12H2,1H3,(H,13,15)/t9-/m1/s1. The van der Waals surface area contributed by atoms with Crippen molar-refractivity contribution in [3.8, 4) is 0 Å². The van der Waals surface area contributed by atoms with E-state index in [1.165, 1.54) is 7.11 Å². The smallest absolute Gasteiger partial charge is 0.305 e. The topological polar surface area (TPSA) is 84.7 Å². The van der Waals surface area contributed by atoms with Gasteiger partial charge in [0.25, 0.3) is 0 Å². The molecule has 3 N–H and O–H groups in total. The van der Waals surface area contributed by atoms with E-state index >= 15 is 0 Å². The van der Waals surface area contributed by atoms with Gasteiger partial charge in [-0.3, -0.25) is 14.5 Å². The molecule has 1 heterocycles. The van der Waals surface area contributed by atoms with Crippen molar-refractivity contribution in [2.45, 2.75) is 25.3 Å². The van der Waals surface area contributed by atoms with Gasteiger partial charge in [0, 0.05) is 32.1 Å². The summed E-state index contributed by atoms with van der Waals surface area (Å²) >= 11 is 0. The molecule has 98 valence electrons. The molecule has 0 unspecified atom stereocenters. The van der Waals surface area contributed by atoms with E-state index in [1.807, 2.05) is 4.90 Å². The number of esters is 1. The third-order valence-corrected chi connectivity index (χ3v) is 2.78. The van der Waals surface area contributed by atoms with E-state index in [2.05, 4.69) is 10.1 Å². The maximum atomic E-state index is 11.5. The number of methoxy groups -OCH3 is 1. The molecule has 6 nitrogen and oxygen atoms in total. The van der Waals surface area contributed by atoms with Crippen LogP contribution in [0, 0.1) is 0 Å². The van der Waals surface area contributed by atoms with Crippen LogP contribution in [0.4, 0.5) is 0 Å². The fourth-order valence-electron chi connectivity index (χ4n) is 1.83. The highest BCUT2D eigenvalue weighted by Gasteiger charge is 2.20. The second-order valence-electron chi connectivity index (χ2n) is 4.31. The maximum absolute atomic E-state index is 11.5. The van der Waals surface area contributed by atoms with Crippen molar-refractivity contribution in [2.24, 2.45) is 5.73 Å². The van der Waals surface area contributed by atoms with Crippen LogP contribution in [0.2, 0.25) is 0 Å². The number of likely N-dealkylation sites (tertiary alicyclic amines) is 1. The van der Waals surface area contributed by atoms with E-state index < -0.39 is 0 Å². The zero-order valence-corrected chi connectivity index (χ0v) is 10.3. The van der Waals surface area contributed by atoms with Gasteiger partial charge in [-0.05, 0) is 12.8 Å². The highest BCUT2D eigenvalue weighted by Crippen LogP contribution is 2.05. The molecule has 1 fully saturated rings. The van der Waals surface area contributed by atoms with Gasteiger partial charge >= 0.3 is 5.97 Å². The summed E-state index contributed by atoms with van der Waals surface area (Å²) in [5.74, 6) is -0.256.